The van der Waals surface area contributed by atoms with Crippen LogP contribution in [-0.2, 0) is 4.74 Å². The van der Waals surface area contributed by atoms with Crippen LogP contribution >= 0.6 is 15.9 Å². The number of nitrogens with zero attached hydrogens (tertiary/aromatic N) is 1. The summed E-state index contributed by atoms with van der Waals surface area (Å²) in [6, 6.07) is 7.31. The molecule has 104 valence electrons. The van der Waals surface area contributed by atoms with Crippen LogP contribution in [0.5, 0.6) is 0 Å². The van der Waals surface area contributed by atoms with Crippen LogP contribution in [0.2, 0.25) is 0 Å². The van der Waals surface area contributed by atoms with Gasteiger partial charge in [-0.15, -0.1) is 0 Å². The van der Waals surface area contributed by atoms with Crippen LogP contribution < -0.4 is 0 Å². The van der Waals surface area contributed by atoms with Gasteiger partial charge < -0.3 is 4.74 Å². The number of rotatable bonds is 4. The SMILES string of the molecule is CC(CN1CCCCC1)OC(=O)c1cccc(Br)c1. The first-order valence-electron chi connectivity index (χ1n) is 6.84. The van der Waals surface area contributed by atoms with Gasteiger partial charge >= 0.3 is 5.97 Å². The first-order chi connectivity index (χ1) is 9.15. The second-order valence-corrected chi connectivity index (χ2v) is 6.00. The van der Waals surface area contributed by atoms with E-state index >= 15 is 0 Å². The Balaban J connectivity index is 1.84. The highest BCUT2D eigenvalue weighted by molar-refractivity contribution is 9.10. The molecule has 1 fully saturated rings. The molecule has 2 rings (SSSR count). The van der Waals surface area contributed by atoms with Crippen molar-refractivity contribution in [1.29, 1.82) is 0 Å². The van der Waals surface area contributed by atoms with Gasteiger partial charge in [0.25, 0.3) is 0 Å². The fourth-order valence-electron chi connectivity index (χ4n) is 2.41. The number of hydrogen-bond donors (Lipinski definition) is 0. The summed E-state index contributed by atoms with van der Waals surface area (Å²) in [7, 11) is 0. The van der Waals surface area contributed by atoms with Crippen molar-refractivity contribution >= 4 is 21.9 Å². The molecule has 1 aromatic rings. The molecule has 1 unspecified atom stereocenters. The molecule has 0 N–H and O–H groups in total. The monoisotopic (exact) mass is 325 g/mol. The summed E-state index contributed by atoms with van der Waals surface area (Å²) in [4.78, 5) is 14.4. The Morgan fingerprint density at radius 1 is 1.37 bits per heavy atom. The van der Waals surface area contributed by atoms with Gasteiger partial charge in [0.2, 0.25) is 0 Å². The molecule has 1 heterocycles. The van der Waals surface area contributed by atoms with E-state index < -0.39 is 0 Å². The minimum absolute atomic E-state index is 0.0652. The van der Waals surface area contributed by atoms with E-state index in [9.17, 15) is 4.79 Å². The highest BCUT2D eigenvalue weighted by Crippen LogP contribution is 2.14. The van der Waals surface area contributed by atoms with E-state index in [1.165, 1.54) is 19.3 Å². The van der Waals surface area contributed by atoms with Gasteiger partial charge in [-0.1, -0.05) is 28.4 Å². The topological polar surface area (TPSA) is 29.5 Å². The maximum atomic E-state index is 12.0. The van der Waals surface area contributed by atoms with Crippen molar-refractivity contribution in [3.63, 3.8) is 0 Å². The highest BCUT2D eigenvalue weighted by Gasteiger charge is 2.17. The van der Waals surface area contributed by atoms with Crippen LogP contribution in [0.15, 0.2) is 28.7 Å². The molecule has 1 atom stereocenters. The van der Waals surface area contributed by atoms with Crippen LogP contribution in [0.1, 0.15) is 36.5 Å². The zero-order chi connectivity index (χ0) is 13.7. The summed E-state index contributed by atoms with van der Waals surface area (Å²) in [6.07, 6.45) is 3.77. The van der Waals surface area contributed by atoms with Gasteiger partial charge in [-0.3, -0.25) is 4.90 Å². The zero-order valence-electron chi connectivity index (χ0n) is 11.3. The van der Waals surface area contributed by atoms with Crippen molar-refractivity contribution in [3.05, 3.63) is 34.3 Å². The van der Waals surface area contributed by atoms with E-state index in [1.54, 1.807) is 12.1 Å². The number of halogens is 1. The third kappa shape index (κ3) is 4.62. The number of esters is 1. The molecule has 4 heteroatoms. The van der Waals surface area contributed by atoms with Crippen molar-refractivity contribution in [2.75, 3.05) is 19.6 Å². The molecule has 0 saturated carbocycles. The van der Waals surface area contributed by atoms with E-state index in [0.29, 0.717) is 5.56 Å². The fraction of sp³-hybridized carbons (Fsp3) is 0.533. The van der Waals surface area contributed by atoms with E-state index in [1.807, 2.05) is 19.1 Å². The first-order valence-corrected chi connectivity index (χ1v) is 7.63. The molecule has 3 nitrogen and oxygen atoms in total. The van der Waals surface area contributed by atoms with Crippen molar-refractivity contribution in [1.82, 2.24) is 4.90 Å². The maximum Gasteiger partial charge on any atom is 0.338 e. The highest BCUT2D eigenvalue weighted by atomic mass is 79.9. The zero-order valence-corrected chi connectivity index (χ0v) is 12.9. The smallest absolute Gasteiger partial charge is 0.338 e. The average Bonchev–Trinajstić information content (AvgIpc) is 2.39. The van der Waals surface area contributed by atoms with Gasteiger partial charge in [-0.05, 0) is 51.1 Å². The maximum absolute atomic E-state index is 12.0. The van der Waals surface area contributed by atoms with Gasteiger partial charge in [-0.2, -0.15) is 0 Å². The molecule has 1 saturated heterocycles. The van der Waals surface area contributed by atoms with E-state index in [4.69, 9.17) is 4.74 Å². The summed E-state index contributed by atoms with van der Waals surface area (Å²) < 4.78 is 6.39. The second-order valence-electron chi connectivity index (χ2n) is 5.09. The van der Waals surface area contributed by atoms with Crippen molar-refractivity contribution in [3.8, 4) is 0 Å². The number of carbonyl (C=O) groups is 1. The molecule has 1 aliphatic heterocycles. The second kappa shape index (κ2) is 7.06. The molecule has 19 heavy (non-hydrogen) atoms. The lowest BCUT2D eigenvalue weighted by molar-refractivity contribution is 0.0236. The Bertz CT molecular complexity index is 430. The van der Waals surface area contributed by atoms with Crippen LogP contribution in [0.4, 0.5) is 0 Å². The van der Waals surface area contributed by atoms with Crippen LogP contribution in [0, 0.1) is 0 Å². The Morgan fingerprint density at radius 2 is 2.11 bits per heavy atom. The van der Waals surface area contributed by atoms with Crippen LogP contribution in [0.3, 0.4) is 0 Å². The lowest BCUT2D eigenvalue weighted by atomic mass is 10.1. The summed E-state index contributed by atoms with van der Waals surface area (Å²) in [5.74, 6) is -0.245. The molecular weight excluding hydrogens is 306 g/mol. The molecule has 0 aromatic heterocycles. The minimum atomic E-state index is -0.245. The average molecular weight is 326 g/mol. The fourth-order valence-corrected chi connectivity index (χ4v) is 2.81. The molecule has 1 aromatic carbocycles. The Hall–Kier alpha value is -0.870. The third-order valence-electron chi connectivity index (χ3n) is 3.33. The number of likely N-dealkylation sites (tertiary alicyclic amines) is 1. The van der Waals surface area contributed by atoms with E-state index in [-0.39, 0.29) is 12.1 Å². The van der Waals surface area contributed by atoms with Gasteiger partial charge in [0, 0.05) is 11.0 Å². The standard InChI is InChI=1S/C15H20BrNO2/c1-12(11-17-8-3-2-4-9-17)19-15(18)13-6-5-7-14(16)10-13/h5-7,10,12H,2-4,8-9,11H2,1H3. The summed E-state index contributed by atoms with van der Waals surface area (Å²) in [5.41, 5.74) is 0.597. The number of piperidine rings is 1. The Labute approximate surface area is 123 Å². The third-order valence-corrected chi connectivity index (χ3v) is 3.83. The number of carbonyl (C=O) groups excluding carboxylic acids is 1. The van der Waals surface area contributed by atoms with Crippen molar-refractivity contribution in [2.24, 2.45) is 0 Å². The Kier molecular flexibility index (Phi) is 5.40. The lowest BCUT2D eigenvalue weighted by Crippen LogP contribution is -2.37. The number of hydrogen-bond acceptors (Lipinski definition) is 3. The summed E-state index contributed by atoms with van der Waals surface area (Å²) in [5, 5.41) is 0. The normalized spacial score (nSPS) is 18.0. The largest absolute Gasteiger partial charge is 0.458 e. The van der Waals surface area contributed by atoms with Crippen molar-refractivity contribution in [2.45, 2.75) is 32.3 Å². The quantitative estimate of drug-likeness (QED) is 0.794. The van der Waals surface area contributed by atoms with Gasteiger partial charge in [-0.25, -0.2) is 4.79 Å². The van der Waals surface area contributed by atoms with Crippen LogP contribution in [0.25, 0.3) is 0 Å². The predicted molar refractivity (Wildman–Crippen MR) is 79.3 cm³/mol. The first kappa shape index (κ1) is 14.5. The predicted octanol–water partition coefficient (Wildman–Crippen LogP) is 3.48. The van der Waals surface area contributed by atoms with Crippen molar-refractivity contribution < 1.29 is 9.53 Å². The molecule has 0 aliphatic carbocycles. The van der Waals surface area contributed by atoms with Gasteiger partial charge in [0.15, 0.2) is 0 Å². The van der Waals surface area contributed by atoms with E-state index in [2.05, 4.69) is 20.8 Å². The lowest BCUT2D eigenvalue weighted by Gasteiger charge is -2.28. The molecule has 0 bridgehead atoms. The summed E-state index contributed by atoms with van der Waals surface area (Å²) >= 11 is 3.36. The number of ether oxygens (including phenoxy) is 1. The molecule has 1 aliphatic rings. The minimum Gasteiger partial charge on any atom is -0.458 e. The van der Waals surface area contributed by atoms with E-state index in [0.717, 1.165) is 24.1 Å². The van der Waals surface area contributed by atoms with Gasteiger partial charge in [0.1, 0.15) is 6.10 Å². The number of benzene rings is 1. The molecule has 0 radical (unpaired) electrons. The molecule has 0 amide bonds. The molecular formula is C15H20BrNO2. The van der Waals surface area contributed by atoms with Gasteiger partial charge in [0.05, 0.1) is 5.56 Å². The van der Waals surface area contributed by atoms with Crippen LogP contribution in [-0.4, -0.2) is 36.6 Å². The summed E-state index contributed by atoms with van der Waals surface area (Å²) in [6.45, 7) is 5.04. The Morgan fingerprint density at radius 3 is 2.79 bits per heavy atom. The molecule has 0 spiro atoms.